The number of nitrogens with one attached hydrogen (secondary N) is 2. The summed E-state index contributed by atoms with van der Waals surface area (Å²) in [4.78, 5) is 39.0. The number of piperidine rings is 1. The van der Waals surface area contributed by atoms with Crippen LogP contribution in [-0.2, 0) is 14.3 Å². The van der Waals surface area contributed by atoms with Crippen molar-refractivity contribution in [3.8, 4) is 11.5 Å². The molecule has 1 fully saturated rings. The molecule has 2 N–H and O–H groups in total. The van der Waals surface area contributed by atoms with Gasteiger partial charge in [-0.15, -0.1) is 0 Å². The summed E-state index contributed by atoms with van der Waals surface area (Å²) in [6.07, 6.45) is 0.529. The van der Waals surface area contributed by atoms with Gasteiger partial charge < -0.3 is 29.7 Å². The molecule has 0 aliphatic carbocycles. The highest BCUT2D eigenvalue weighted by Crippen LogP contribution is 2.34. The van der Waals surface area contributed by atoms with Crippen LogP contribution in [0.2, 0.25) is 0 Å². The zero-order valence-corrected chi connectivity index (χ0v) is 17.6. The van der Waals surface area contributed by atoms with E-state index in [1.165, 1.54) is 0 Å². The number of carbonyl (C=O) groups excluding carboxylic acids is 3. The van der Waals surface area contributed by atoms with Crippen LogP contribution < -0.4 is 20.1 Å². The average molecular weight is 419 g/mol. The van der Waals surface area contributed by atoms with Crippen LogP contribution in [-0.4, -0.2) is 55.3 Å². The number of hydrogen-bond donors (Lipinski definition) is 2. The van der Waals surface area contributed by atoms with E-state index in [-0.39, 0.29) is 37.0 Å². The molecule has 164 valence electrons. The first-order valence-corrected chi connectivity index (χ1v) is 10.3. The minimum Gasteiger partial charge on any atom is -0.454 e. The Morgan fingerprint density at radius 3 is 2.53 bits per heavy atom. The Bertz CT molecular complexity index is 789. The molecular formula is C21H29N3O6. The third-order valence-electron chi connectivity index (χ3n) is 5.30. The zero-order valence-electron chi connectivity index (χ0n) is 17.6. The number of likely N-dealkylation sites (tertiary alicyclic amines) is 1. The summed E-state index contributed by atoms with van der Waals surface area (Å²) < 4.78 is 15.5. The molecule has 2 aliphatic rings. The molecule has 0 saturated carbocycles. The van der Waals surface area contributed by atoms with Gasteiger partial charge in [-0.2, -0.15) is 0 Å². The molecule has 0 bridgehead atoms. The van der Waals surface area contributed by atoms with Crippen LogP contribution in [0.5, 0.6) is 11.5 Å². The van der Waals surface area contributed by atoms with Crippen molar-refractivity contribution in [2.45, 2.75) is 39.7 Å². The fourth-order valence-electron chi connectivity index (χ4n) is 3.59. The van der Waals surface area contributed by atoms with Crippen molar-refractivity contribution >= 4 is 23.6 Å². The molecule has 3 amide bonds. The number of ether oxygens (including phenoxy) is 3. The highest BCUT2D eigenvalue weighted by atomic mass is 16.7. The number of nitrogens with zero attached hydrogens (tertiary/aromatic N) is 1. The van der Waals surface area contributed by atoms with E-state index in [1.54, 1.807) is 30.0 Å². The predicted molar refractivity (Wildman–Crippen MR) is 109 cm³/mol. The zero-order chi connectivity index (χ0) is 21.7. The Balaban J connectivity index is 1.52. The van der Waals surface area contributed by atoms with E-state index in [9.17, 15) is 14.4 Å². The molecule has 3 rings (SSSR count). The molecule has 0 spiro atoms. The van der Waals surface area contributed by atoms with Gasteiger partial charge in [0.05, 0.1) is 6.61 Å². The minimum absolute atomic E-state index is 0.0751. The van der Waals surface area contributed by atoms with Crippen LogP contribution in [0.1, 0.15) is 33.6 Å². The van der Waals surface area contributed by atoms with E-state index >= 15 is 0 Å². The highest BCUT2D eigenvalue weighted by Gasteiger charge is 2.33. The van der Waals surface area contributed by atoms with Crippen molar-refractivity contribution in [3.63, 3.8) is 0 Å². The molecule has 9 heteroatoms. The molecule has 1 saturated heterocycles. The fraction of sp³-hybridized carbons (Fsp3) is 0.571. The number of benzene rings is 1. The van der Waals surface area contributed by atoms with E-state index in [0.717, 1.165) is 0 Å². The van der Waals surface area contributed by atoms with Gasteiger partial charge in [-0.3, -0.25) is 9.59 Å². The van der Waals surface area contributed by atoms with Crippen molar-refractivity contribution in [3.05, 3.63) is 18.2 Å². The van der Waals surface area contributed by atoms with Crippen molar-refractivity contribution in [1.82, 2.24) is 10.2 Å². The van der Waals surface area contributed by atoms with E-state index < -0.39 is 12.1 Å². The average Bonchev–Trinajstić information content (AvgIpc) is 3.19. The van der Waals surface area contributed by atoms with E-state index in [1.807, 2.05) is 13.8 Å². The lowest BCUT2D eigenvalue weighted by molar-refractivity contribution is -0.137. The van der Waals surface area contributed by atoms with Crippen LogP contribution in [0, 0.1) is 11.8 Å². The Labute approximate surface area is 176 Å². The van der Waals surface area contributed by atoms with Gasteiger partial charge in [0.2, 0.25) is 18.6 Å². The van der Waals surface area contributed by atoms with Gasteiger partial charge in [-0.05, 0) is 37.8 Å². The lowest BCUT2D eigenvalue weighted by Crippen LogP contribution is -2.53. The molecule has 1 atom stereocenters. The van der Waals surface area contributed by atoms with Gasteiger partial charge in [-0.25, -0.2) is 4.79 Å². The summed E-state index contributed by atoms with van der Waals surface area (Å²) in [6, 6.07) is 4.64. The third kappa shape index (κ3) is 5.14. The number of fused-ring (bicyclic) bond motifs is 1. The summed E-state index contributed by atoms with van der Waals surface area (Å²) in [5, 5.41) is 5.56. The van der Waals surface area contributed by atoms with Gasteiger partial charge in [0.1, 0.15) is 6.04 Å². The molecule has 0 aromatic heterocycles. The second kappa shape index (κ2) is 9.69. The molecular weight excluding hydrogens is 390 g/mol. The molecule has 1 aromatic rings. The molecule has 2 heterocycles. The van der Waals surface area contributed by atoms with Gasteiger partial charge in [0.15, 0.2) is 11.5 Å². The largest absolute Gasteiger partial charge is 0.454 e. The van der Waals surface area contributed by atoms with Crippen LogP contribution >= 0.6 is 0 Å². The fourth-order valence-corrected chi connectivity index (χ4v) is 3.59. The third-order valence-corrected chi connectivity index (χ3v) is 5.30. The molecule has 30 heavy (non-hydrogen) atoms. The summed E-state index contributed by atoms with van der Waals surface area (Å²) in [5.74, 6) is 0.792. The Kier molecular flexibility index (Phi) is 7.02. The standard InChI is InChI=1S/C21H29N3O6/c1-4-28-21(27)23-18(13(2)3)20(26)24-9-7-14(8-10-24)19(25)22-15-5-6-16-17(11-15)30-12-29-16/h5-6,11,13-14,18H,4,7-10,12H2,1-3H3,(H,22,25)(H,23,27). The first-order chi connectivity index (χ1) is 14.4. The monoisotopic (exact) mass is 419 g/mol. The molecule has 9 nitrogen and oxygen atoms in total. The van der Waals surface area contributed by atoms with Gasteiger partial charge >= 0.3 is 6.09 Å². The lowest BCUT2D eigenvalue weighted by atomic mass is 9.94. The number of anilines is 1. The topological polar surface area (TPSA) is 106 Å². The highest BCUT2D eigenvalue weighted by molar-refractivity contribution is 5.93. The summed E-state index contributed by atoms with van der Waals surface area (Å²) in [7, 11) is 0. The normalized spacial score (nSPS) is 16.9. The summed E-state index contributed by atoms with van der Waals surface area (Å²) in [6.45, 7) is 6.82. The van der Waals surface area contributed by atoms with E-state index in [2.05, 4.69) is 10.6 Å². The summed E-state index contributed by atoms with van der Waals surface area (Å²) >= 11 is 0. The van der Waals surface area contributed by atoms with Crippen molar-refractivity contribution in [2.24, 2.45) is 11.8 Å². The first kappa shape index (κ1) is 21.7. The number of amides is 3. The smallest absolute Gasteiger partial charge is 0.407 e. The number of rotatable bonds is 6. The van der Waals surface area contributed by atoms with E-state index in [4.69, 9.17) is 14.2 Å². The molecule has 0 radical (unpaired) electrons. The van der Waals surface area contributed by atoms with Crippen LogP contribution in [0.3, 0.4) is 0 Å². The van der Waals surface area contributed by atoms with Crippen molar-refractivity contribution in [2.75, 3.05) is 31.8 Å². The number of hydrogen-bond acceptors (Lipinski definition) is 6. The van der Waals surface area contributed by atoms with E-state index in [0.29, 0.717) is 43.1 Å². The predicted octanol–water partition coefficient (Wildman–Crippen LogP) is 2.36. The van der Waals surface area contributed by atoms with Crippen LogP contribution in [0.15, 0.2) is 18.2 Å². The Morgan fingerprint density at radius 1 is 1.17 bits per heavy atom. The lowest BCUT2D eigenvalue weighted by Gasteiger charge is -2.34. The maximum atomic E-state index is 12.9. The maximum Gasteiger partial charge on any atom is 0.407 e. The van der Waals surface area contributed by atoms with Gasteiger partial charge in [0, 0.05) is 30.8 Å². The summed E-state index contributed by atoms with van der Waals surface area (Å²) in [5.41, 5.74) is 0.654. The maximum absolute atomic E-state index is 12.9. The molecule has 1 aromatic carbocycles. The van der Waals surface area contributed by atoms with Crippen LogP contribution in [0.25, 0.3) is 0 Å². The molecule has 1 unspecified atom stereocenters. The van der Waals surface area contributed by atoms with Crippen molar-refractivity contribution in [1.29, 1.82) is 0 Å². The Morgan fingerprint density at radius 2 is 1.87 bits per heavy atom. The second-order valence-corrected chi connectivity index (χ2v) is 7.74. The SMILES string of the molecule is CCOC(=O)NC(C(=O)N1CCC(C(=O)Nc2ccc3c(c2)OCO3)CC1)C(C)C. The van der Waals surface area contributed by atoms with Crippen molar-refractivity contribution < 1.29 is 28.6 Å². The Hall–Kier alpha value is -2.97. The second-order valence-electron chi connectivity index (χ2n) is 7.74. The van der Waals surface area contributed by atoms with Crippen LogP contribution in [0.4, 0.5) is 10.5 Å². The first-order valence-electron chi connectivity index (χ1n) is 10.3. The molecule has 2 aliphatic heterocycles. The van der Waals surface area contributed by atoms with Gasteiger partial charge in [0.25, 0.3) is 0 Å². The minimum atomic E-state index is -0.650. The quantitative estimate of drug-likeness (QED) is 0.733. The number of alkyl carbamates (subject to hydrolysis) is 1. The van der Waals surface area contributed by atoms with Gasteiger partial charge in [-0.1, -0.05) is 13.8 Å². The number of carbonyl (C=O) groups is 3.